The van der Waals surface area contributed by atoms with Gasteiger partial charge in [0, 0.05) is 18.8 Å². The molecule has 0 saturated heterocycles. The Morgan fingerprint density at radius 2 is 2.14 bits per heavy atom. The lowest BCUT2D eigenvalue weighted by atomic mass is 10.3. The summed E-state index contributed by atoms with van der Waals surface area (Å²) in [7, 11) is 0. The number of rotatable bonds is 1. The standard InChI is InChI=1S/C9H7ClIN3/c1-2-7-12-3-5-8(14-7)6(11)4-13-9(5)10/h3-4H,2H2,1H3. The lowest BCUT2D eigenvalue weighted by Gasteiger charge is -2.02. The van der Waals surface area contributed by atoms with Gasteiger partial charge in [-0.2, -0.15) is 0 Å². The Hall–Kier alpha value is -0.490. The van der Waals surface area contributed by atoms with E-state index in [0.717, 1.165) is 26.7 Å². The molecule has 0 amide bonds. The van der Waals surface area contributed by atoms with Crippen LogP contribution in [-0.2, 0) is 6.42 Å². The van der Waals surface area contributed by atoms with Crippen LogP contribution >= 0.6 is 34.2 Å². The molecule has 0 spiro atoms. The Bertz CT molecular complexity index is 487. The van der Waals surface area contributed by atoms with E-state index >= 15 is 0 Å². The van der Waals surface area contributed by atoms with Crippen LogP contribution in [-0.4, -0.2) is 15.0 Å². The second kappa shape index (κ2) is 3.94. The van der Waals surface area contributed by atoms with Crippen molar-refractivity contribution in [2.24, 2.45) is 0 Å². The number of hydrogen-bond donors (Lipinski definition) is 0. The topological polar surface area (TPSA) is 38.7 Å². The summed E-state index contributed by atoms with van der Waals surface area (Å²) in [6, 6.07) is 0. The van der Waals surface area contributed by atoms with Crippen LogP contribution in [0.4, 0.5) is 0 Å². The molecule has 2 aromatic heterocycles. The van der Waals surface area contributed by atoms with Gasteiger partial charge >= 0.3 is 0 Å². The van der Waals surface area contributed by atoms with Crippen LogP contribution in [0.3, 0.4) is 0 Å². The molecule has 0 radical (unpaired) electrons. The number of pyridine rings is 1. The maximum Gasteiger partial charge on any atom is 0.140 e. The second-order valence-corrected chi connectivity index (χ2v) is 4.32. The summed E-state index contributed by atoms with van der Waals surface area (Å²) in [6.45, 7) is 2.02. The molecule has 3 nitrogen and oxygen atoms in total. The van der Waals surface area contributed by atoms with Gasteiger partial charge in [0.1, 0.15) is 11.0 Å². The Morgan fingerprint density at radius 3 is 2.86 bits per heavy atom. The zero-order valence-corrected chi connectivity index (χ0v) is 10.4. The molecule has 0 saturated carbocycles. The molecule has 72 valence electrons. The minimum atomic E-state index is 0.461. The number of aromatic nitrogens is 3. The minimum Gasteiger partial charge on any atom is -0.243 e. The quantitative estimate of drug-likeness (QED) is 0.599. The van der Waals surface area contributed by atoms with Crippen molar-refractivity contribution in [1.29, 1.82) is 0 Å². The van der Waals surface area contributed by atoms with Crippen molar-refractivity contribution in [1.82, 2.24) is 15.0 Å². The zero-order chi connectivity index (χ0) is 10.1. The van der Waals surface area contributed by atoms with Crippen LogP contribution in [0.25, 0.3) is 10.9 Å². The average Bonchev–Trinajstić information content (AvgIpc) is 2.23. The Kier molecular flexibility index (Phi) is 2.83. The first kappa shape index (κ1) is 10.0. The van der Waals surface area contributed by atoms with E-state index in [9.17, 15) is 0 Å². The van der Waals surface area contributed by atoms with Gasteiger partial charge in [-0.25, -0.2) is 15.0 Å². The molecule has 0 bridgehead atoms. The van der Waals surface area contributed by atoms with Crippen molar-refractivity contribution in [2.75, 3.05) is 0 Å². The van der Waals surface area contributed by atoms with Crippen molar-refractivity contribution in [3.8, 4) is 0 Å². The summed E-state index contributed by atoms with van der Waals surface area (Å²) in [5, 5.41) is 1.28. The zero-order valence-electron chi connectivity index (χ0n) is 7.46. The molecule has 0 atom stereocenters. The molecule has 5 heteroatoms. The fourth-order valence-corrected chi connectivity index (χ4v) is 1.90. The molecule has 0 aromatic carbocycles. The molecule has 14 heavy (non-hydrogen) atoms. The van der Waals surface area contributed by atoms with Gasteiger partial charge in [0.15, 0.2) is 0 Å². The molecule has 0 unspecified atom stereocenters. The fourth-order valence-electron chi connectivity index (χ4n) is 1.17. The van der Waals surface area contributed by atoms with Gasteiger partial charge in [-0.15, -0.1) is 0 Å². The Balaban J connectivity index is 2.80. The van der Waals surface area contributed by atoms with E-state index in [1.165, 1.54) is 0 Å². The highest BCUT2D eigenvalue weighted by Gasteiger charge is 2.06. The normalized spacial score (nSPS) is 10.8. The summed E-state index contributed by atoms with van der Waals surface area (Å²) in [4.78, 5) is 12.6. The predicted molar refractivity (Wildman–Crippen MR) is 64.4 cm³/mol. The number of fused-ring (bicyclic) bond motifs is 1. The predicted octanol–water partition coefficient (Wildman–Crippen LogP) is 2.85. The van der Waals surface area contributed by atoms with E-state index < -0.39 is 0 Å². The van der Waals surface area contributed by atoms with Gasteiger partial charge < -0.3 is 0 Å². The molecule has 0 aliphatic carbocycles. The third-order valence-electron chi connectivity index (χ3n) is 1.89. The number of nitrogens with zero attached hydrogens (tertiary/aromatic N) is 3. The third-order valence-corrected chi connectivity index (χ3v) is 2.99. The number of aryl methyl sites for hydroxylation is 1. The highest BCUT2D eigenvalue weighted by atomic mass is 127. The van der Waals surface area contributed by atoms with Crippen LogP contribution < -0.4 is 0 Å². The van der Waals surface area contributed by atoms with Gasteiger partial charge in [0.25, 0.3) is 0 Å². The highest BCUT2D eigenvalue weighted by molar-refractivity contribution is 14.1. The van der Waals surface area contributed by atoms with Crippen LogP contribution in [0.5, 0.6) is 0 Å². The summed E-state index contributed by atoms with van der Waals surface area (Å²) < 4.78 is 0.999. The minimum absolute atomic E-state index is 0.461. The Labute approximate surface area is 100 Å². The first-order chi connectivity index (χ1) is 6.72. The molecule has 2 rings (SSSR count). The summed E-state index contributed by atoms with van der Waals surface area (Å²) in [6.07, 6.45) is 4.28. The van der Waals surface area contributed by atoms with Gasteiger partial charge in [-0.3, -0.25) is 0 Å². The summed E-state index contributed by atoms with van der Waals surface area (Å²) >= 11 is 8.13. The van der Waals surface area contributed by atoms with Crippen LogP contribution in [0.1, 0.15) is 12.7 Å². The van der Waals surface area contributed by atoms with Crippen molar-refractivity contribution >= 4 is 45.1 Å². The maximum atomic E-state index is 5.93. The number of halogens is 2. The van der Waals surface area contributed by atoms with Crippen molar-refractivity contribution < 1.29 is 0 Å². The molecular weight excluding hydrogens is 312 g/mol. The van der Waals surface area contributed by atoms with Crippen molar-refractivity contribution in [3.05, 3.63) is 26.9 Å². The van der Waals surface area contributed by atoms with E-state index in [1.54, 1.807) is 12.4 Å². The molecule has 2 aromatic rings. The lowest BCUT2D eigenvalue weighted by Crippen LogP contribution is -1.95. The van der Waals surface area contributed by atoms with Gasteiger partial charge in [-0.1, -0.05) is 18.5 Å². The maximum absolute atomic E-state index is 5.93. The molecule has 2 heterocycles. The molecule has 0 N–H and O–H groups in total. The number of hydrogen-bond acceptors (Lipinski definition) is 3. The van der Waals surface area contributed by atoms with Crippen molar-refractivity contribution in [3.63, 3.8) is 0 Å². The summed E-state index contributed by atoms with van der Waals surface area (Å²) in [5.74, 6) is 0.831. The van der Waals surface area contributed by atoms with E-state index in [4.69, 9.17) is 11.6 Å². The molecular formula is C9H7ClIN3. The SMILES string of the molecule is CCc1ncc2c(Cl)ncc(I)c2n1. The van der Waals surface area contributed by atoms with E-state index in [1.807, 2.05) is 6.92 Å². The lowest BCUT2D eigenvalue weighted by molar-refractivity contribution is 0.958. The van der Waals surface area contributed by atoms with Gasteiger partial charge in [-0.05, 0) is 22.6 Å². The smallest absolute Gasteiger partial charge is 0.140 e. The van der Waals surface area contributed by atoms with Crippen LogP contribution in [0.15, 0.2) is 12.4 Å². The third kappa shape index (κ3) is 1.68. The van der Waals surface area contributed by atoms with Gasteiger partial charge in [0.2, 0.25) is 0 Å². The van der Waals surface area contributed by atoms with Crippen molar-refractivity contribution in [2.45, 2.75) is 13.3 Å². The average molecular weight is 320 g/mol. The summed E-state index contributed by atoms with van der Waals surface area (Å²) in [5.41, 5.74) is 0.887. The Morgan fingerprint density at radius 1 is 1.36 bits per heavy atom. The van der Waals surface area contributed by atoms with Crippen LogP contribution in [0, 0.1) is 3.57 Å². The van der Waals surface area contributed by atoms with E-state index in [-0.39, 0.29) is 0 Å². The van der Waals surface area contributed by atoms with E-state index in [2.05, 4.69) is 37.5 Å². The molecule has 0 aliphatic heterocycles. The molecule has 0 aliphatic rings. The second-order valence-electron chi connectivity index (χ2n) is 2.80. The van der Waals surface area contributed by atoms with E-state index in [0.29, 0.717) is 5.15 Å². The fraction of sp³-hybridized carbons (Fsp3) is 0.222. The molecule has 0 fully saturated rings. The van der Waals surface area contributed by atoms with Gasteiger partial charge in [0.05, 0.1) is 14.5 Å². The highest BCUT2D eigenvalue weighted by Crippen LogP contribution is 2.23. The first-order valence-electron chi connectivity index (χ1n) is 4.18. The monoisotopic (exact) mass is 319 g/mol. The van der Waals surface area contributed by atoms with Crippen LogP contribution in [0.2, 0.25) is 5.15 Å². The first-order valence-corrected chi connectivity index (χ1v) is 5.63. The largest absolute Gasteiger partial charge is 0.243 e.